The number of nitrogens with one attached hydrogen (secondary N) is 2. The Morgan fingerprint density at radius 3 is 3.00 bits per heavy atom. The average Bonchev–Trinajstić information content (AvgIpc) is 2.97. The summed E-state index contributed by atoms with van der Waals surface area (Å²) >= 11 is 1.59. The second-order valence-corrected chi connectivity index (χ2v) is 4.89. The van der Waals surface area contributed by atoms with Gasteiger partial charge in [0.15, 0.2) is 6.61 Å². The second-order valence-electron chi connectivity index (χ2n) is 3.86. The van der Waals surface area contributed by atoms with Gasteiger partial charge in [0.05, 0.1) is 6.54 Å². The molecule has 0 spiro atoms. The summed E-state index contributed by atoms with van der Waals surface area (Å²) in [5.41, 5.74) is 0.615. The topological polar surface area (TPSA) is 74.1 Å². The van der Waals surface area contributed by atoms with Crippen molar-refractivity contribution in [3.05, 3.63) is 46.7 Å². The van der Waals surface area contributed by atoms with Gasteiger partial charge in [-0.2, -0.15) is 5.26 Å². The zero-order chi connectivity index (χ0) is 14.2. The van der Waals surface area contributed by atoms with Gasteiger partial charge in [-0.25, -0.2) is 4.79 Å². The summed E-state index contributed by atoms with van der Waals surface area (Å²) in [6.07, 6.45) is 0. The summed E-state index contributed by atoms with van der Waals surface area (Å²) in [5.74, 6) is 0.544. The molecule has 0 atom stereocenters. The molecule has 1 heterocycles. The molecule has 0 saturated carbocycles. The molecule has 20 heavy (non-hydrogen) atoms. The summed E-state index contributed by atoms with van der Waals surface area (Å²) in [6.45, 7) is 0.474. The SMILES string of the molecule is N#CCOc1cccc(NC(=O)NCc2cccs2)c1. The molecule has 0 saturated heterocycles. The van der Waals surface area contributed by atoms with E-state index in [0.717, 1.165) is 4.88 Å². The molecule has 1 aromatic heterocycles. The average molecular weight is 287 g/mol. The Balaban J connectivity index is 1.86. The summed E-state index contributed by atoms with van der Waals surface area (Å²) in [6, 6.07) is 12.4. The maximum absolute atomic E-state index is 11.7. The Labute approximate surface area is 120 Å². The molecule has 0 unspecified atom stereocenters. The lowest BCUT2D eigenvalue weighted by atomic mass is 10.3. The van der Waals surface area contributed by atoms with E-state index < -0.39 is 0 Å². The number of anilines is 1. The number of thiophene rings is 1. The third kappa shape index (κ3) is 4.30. The zero-order valence-corrected chi connectivity index (χ0v) is 11.4. The first-order valence-electron chi connectivity index (χ1n) is 5.95. The minimum atomic E-state index is -0.282. The number of rotatable bonds is 5. The first-order valence-corrected chi connectivity index (χ1v) is 6.83. The molecule has 2 rings (SSSR count). The lowest BCUT2D eigenvalue weighted by Gasteiger charge is -2.08. The van der Waals surface area contributed by atoms with E-state index in [-0.39, 0.29) is 12.6 Å². The number of nitrogens with zero attached hydrogens (tertiary/aromatic N) is 1. The number of ether oxygens (including phenoxy) is 1. The van der Waals surface area contributed by atoms with Crippen LogP contribution >= 0.6 is 11.3 Å². The molecule has 0 aliphatic heterocycles. The largest absolute Gasteiger partial charge is 0.479 e. The van der Waals surface area contributed by atoms with Crippen LogP contribution in [0.4, 0.5) is 10.5 Å². The molecule has 2 amide bonds. The third-order valence-electron chi connectivity index (χ3n) is 2.40. The van der Waals surface area contributed by atoms with Crippen molar-refractivity contribution >= 4 is 23.1 Å². The van der Waals surface area contributed by atoms with Crippen LogP contribution in [0.1, 0.15) is 4.88 Å². The zero-order valence-electron chi connectivity index (χ0n) is 10.6. The minimum absolute atomic E-state index is 0.0198. The molecule has 0 radical (unpaired) electrons. The first kappa shape index (κ1) is 13.9. The standard InChI is InChI=1S/C14H13N3O2S/c15-6-7-19-12-4-1-3-11(9-12)17-14(18)16-10-13-5-2-8-20-13/h1-5,8-9H,7,10H2,(H2,16,17,18). The van der Waals surface area contributed by atoms with Crippen molar-refractivity contribution in [1.29, 1.82) is 5.26 Å². The Bertz CT molecular complexity index is 605. The quantitative estimate of drug-likeness (QED) is 0.887. The van der Waals surface area contributed by atoms with E-state index in [1.807, 2.05) is 23.6 Å². The van der Waals surface area contributed by atoms with Crippen LogP contribution in [0.25, 0.3) is 0 Å². The number of carbonyl (C=O) groups is 1. The van der Waals surface area contributed by atoms with E-state index in [2.05, 4.69) is 10.6 Å². The van der Waals surface area contributed by atoms with Crippen LogP contribution in [0.5, 0.6) is 5.75 Å². The third-order valence-corrected chi connectivity index (χ3v) is 3.27. The van der Waals surface area contributed by atoms with Crippen molar-refractivity contribution in [1.82, 2.24) is 5.32 Å². The maximum Gasteiger partial charge on any atom is 0.319 e. The minimum Gasteiger partial charge on any atom is -0.479 e. The van der Waals surface area contributed by atoms with E-state index in [0.29, 0.717) is 18.0 Å². The number of amides is 2. The fraction of sp³-hybridized carbons (Fsp3) is 0.143. The Morgan fingerprint density at radius 2 is 2.25 bits per heavy atom. The molecule has 0 aliphatic carbocycles. The van der Waals surface area contributed by atoms with Crippen molar-refractivity contribution in [2.45, 2.75) is 6.54 Å². The first-order chi connectivity index (χ1) is 9.78. The molecule has 1 aromatic carbocycles. The highest BCUT2D eigenvalue weighted by atomic mass is 32.1. The van der Waals surface area contributed by atoms with Gasteiger partial charge < -0.3 is 15.4 Å². The highest BCUT2D eigenvalue weighted by Gasteiger charge is 2.03. The highest BCUT2D eigenvalue weighted by molar-refractivity contribution is 7.09. The van der Waals surface area contributed by atoms with E-state index in [4.69, 9.17) is 10.00 Å². The summed E-state index contributed by atoms with van der Waals surface area (Å²) in [5, 5.41) is 15.9. The van der Waals surface area contributed by atoms with Crippen molar-refractivity contribution in [2.75, 3.05) is 11.9 Å². The normalized spacial score (nSPS) is 9.55. The van der Waals surface area contributed by atoms with Crippen LogP contribution in [-0.4, -0.2) is 12.6 Å². The van der Waals surface area contributed by atoms with Crippen LogP contribution in [0.2, 0.25) is 0 Å². The fourth-order valence-corrected chi connectivity index (χ4v) is 2.18. The molecular weight excluding hydrogens is 274 g/mol. The summed E-state index contributed by atoms with van der Waals surface area (Å²) in [7, 11) is 0. The number of urea groups is 1. The monoisotopic (exact) mass is 287 g/mol. The highest BCUT2D eigenvalue weighted by Crippen LogP contribution is 2.17. The van der Waals surface area contributed by atoms with Crippen molar-refractivity contribution in [2.24, 2.45) is 0 Å². The van der Waals surface area contributed by atoms with Crippen LogP contribution in [0.15, 0.2) is 41.8 Å². The molecule has 2 N–H and O–H groups in total. The maximum atomic E-state index is 11.7. The predicted octanol–water partition coefficient (Wildman–Crippen LogP) is 2.97. The number of hydrogen-bond donors (Lipinski definition) is 2. The molecule has 0 aliphatic rings. The molecule has 0 fully saturated rings. The van der Waals surface area contributed by atoms with E-state index in [1.54, 1.807) is 35.6 Å². The van der Waals surface area contributed by atoms with Gasteiger partial charge in [-0.3, -0.25) is 0 Å². The van der Waals surface area contributed by atoms with Gasteiger partial charge in [0.25, 0.3) is 0 Å². The Morgan fingerprint density at radius 1 is 1.35 bits per heavy atom. The van der Waals surface area contributed by atoms with Gasteiger partial charge in [-0.15, -0.1) is 11.3 Å². The summed E-state index contributed by atoms with van der Waals surface area (Å²) in [4.78, 5) is 12.8. The van der Waals surface area contributed by atoms with Crippen LogP contribution in [0.3, 0.4) is 0 Å². The van der Waals surface area contributed by atoms with Crippen molar-refractivity contribution < 1.29 is 9.53 Å². The van der Waals surface area contributed by atoms with Crippen molar-refractivity contribution in [3.8, 4) is 11.8 Å². The van der Waals surface area contributed by atoms with E-state index in [1.165, 1.54) is 0 Å². The van der Waals surface area contributed by atoms with Gasteiger partial charge in [-0.05, 0) is 23.6 Å². The van der Waals surface area contributed by atoms with Crippen LogP contribution < -0.4 is 15.4 Å². The molecular formula is C14H13N3O2S. The van der Waals surface area contributed by atoms with E-state index >= 15 is 0 Å². The van der Waals surface area contributed by atoms with E-state index in [9.17, 15) is 4.79 Å². The van der Waals surface area contributed by atoms with Gasteiger partial charge in [-0.1, -0.05) is 12.1 Å². The van der Waals surface area contributed by atoms with Crippen LogP contribution in [0, 0.1) is 11.3 Å². The second kappa shape index (κ2) is 7.16. The molecule has 2 aromatic rings. The number of benzene rings is 1. The number of carbonyl (C=O) groups excluding carboxylic acids is 1. The molecule has 6 heteroatoms. The Kier molecular flexibility index (Phi) is 4.98. The Hall–Kier alpha value is -2.52. The summed E-state index contributed by atoms with van der Waals surface area (Å²) < 4.78 is 5.17. The fourth-order valence-electron chi connectivity index (χ4n) is 1.54. The molecule has 5 nitrogen and oxygen atoms in total. The number of nitriles is 1. The molecule has 0 bridgehead atoms. The van der Waals surface area contributed by atoms with Crippen LogP contribution in [-0.2, 0) is 6.54 Å². The van der Waals surface area contributed by atoms with Gasteiger partial charge in [0.2, 0.25) is 0 Å². The van der Waals surface area contributed by atoms with Gasteiger partial charge in [0, 0.05) is 16.6 Å². The lowest BCUT2D eigenvalue weighted by Crippen LogP contribution is -2.27. The van der Waals surface area contributed by atoms with Crippen molar-refractivity contribution in [3.63, 3.8) is 0 Å². The van der Waals surface area contributed by atoms with Gasteiger partial charge >= 0.3 is 6.03 Å². The molecule has 102 valence electrons. The predicted molar refractivity (Wildman–Crippen MR) is 77.7 cm³/mol. The smallest absolute Gasteiger partial charge is 0.319 e. The lowest BCUT2D eigenvalue weighted by molar-refractivity contribution is 0.252. The van der Waals surface area contributed by atoms with Gasteiger partial charge in [0.1, 0.15) is 11.8 Å². The number of hydrogen-bond acceptors (Lipinski definition) is 4.